The molecule has 108 valence electrons. The minimum atomic E-state index is -0.619. The summed E-state index contributed by atoms with van der Waals surface area (Å²) in [6.07, 6.45) is 2.25. The van der Waals surface area contributed by atoms with Gasteiger partial charge in [0.25, 0.3) is 5.91 Å². The van der Waals surface area contributed by atoms with Gasteiger partial charge in [0, 0.05) is 5.56 Å². The van der Waals surface area contributed by atoms with E-state index in [4.69, 9.17) is 4.74 Å². The van der Waals surface area contributed by atoms with Gasteiger partial charge in [-0.2, -0.15) is 0 Å². The first-order valence-electron chi connectivity index (χ1n) is 6.59. The molecule has 4 heteroatoms. The first kappa shape index (κ1) is 16.0. The van der Waals surface area contributed by atoms with Gasteiger partial charge in [-0.25, -0.2) is 4.79 Å². The van der Waals surface area contributed by atoms with E-state index in [1.807, 2.05) is 13.8 Å². The molecule has 0 bridgehead atoms. The summed E-state index contributed by atoms with van der Waals surface area (Å²) in [6, 6.07) is 6.40. The van der Waals surface area contributed by atoms with Crippen molar-refractivity contribution in [1.82, 2.24) is 5.32 Å². The van der Waals surface area contributed by atoms with Crippen molar-refractivity contribution in [3.05, 3.63) is 42.0 Å². The van der Waals surface area contributed by atoms with Crippen molar-refractivity contribution >= 4 is 18.0 Å². The van der Waals surface area contributed by atoms with Crippen LogP contribution in [0.5, 0.6) is 0 Å². The normalized spacial score (nSPS) is 11.8. The highest BCUT2D eigenvalue weighted by atomic mass is 16.5. The van der Waals surface area contributed by atoms with E-state index in [-0.39, 0.29) is 11.8 Å². The van der Waals surface area contributed by atoms with Crippen LogP contribution in [0.2, 0.25) is 0 Å². The van der Waals surface area contributed by atoms with Crippen LogP contribution in [-0.2, 0) is 9.53 Å². The van der Waals surface area contributed by atoms with E-state index in [1.165, 1.54) is 7.11 Å². The Bertz CT molecular complexity index is 477. The number of carbonyl (C=O) groups excluding carboxylic acids is 2. The summed E-state index contributed by atoms with van der Waals surface area (Å²) in [4.78, 5) is 23.8. The zero-order chi connectivity index (χ0) is 15.1. The van der Waals surface area contributed by atoms with Crippen molar-refractivity contribution in [2.24, 2.45) is 5.92 Å². The monoisotopic (exact) mass is 275 g/mol. The number of esters is 1. The molecule has 0 heterocycles. The SMILES string of the molecule is C=Cc1ccc(C(=O)N[C@@H](CC(C)C)C(=O)OC)cc1. The maximum Gasteiger partial charge on any atom is 0.328 e. The second kappa shape index (κ2) is 7.48. The number of amides is 1. The van der Waals surface area contributed by atoms with E-state index in [2.05, 4.69) is 11.9 Å². The van der Waals surface area contributed by atoms with Crippen LogP contribution >= 0.6 is 0 Å². The summed E-state index contributed by atoms with van der Waals surface area (Å²) in [5.41, 5.74) is 1.45. The lowest BCUT2D eigenvalue weighted by molar-refractivity contribution is -0.143. The van der Waals surface area contributed by atoms with Crippen LogP contribution in [0.1, 0.15) is 36.2 Å². The highest BCUT2D eigenvalue weighted by Crippen LogP contribution is 2.09. The third kappa shape index (κ3) is 4.53. The van der Waals surface area contributed by atoms with Gasteiger partial charge >= 0.3 is 5.97 Å². The molecule has 1 aromatic carbocycles. The van der Waals surface area contributed by atoms with E-state index < -0.39 is 12.0 Å². The second-order valence-electron chi connectivity index (χ2n) is 5.00. The molecule has 0 aliphatic rings. The minimum Gasteiger partial charge on any atom is -0.467 e. The Kier molecular flexibility index (Phi) is 5.97. The molecule has 0 saturated carbocycles. The summed E-state index contributed by atoms with van der Waals surface area (Å²) in [7, 11) is 1.32. The van der Waals surface area contributed by atoms with Crippen LogP contribution in [0.15, 0.2) is 30.8 Å². The van der Waals surface area contributed by atoms with Crippen LogP contribution in [-0.4, -0.2) is 25.0 Å². The lowest BCUT2D eigenvalue weighted by atomic mass is 10.0. The van der Waals surface area contributed by atoms with Crippen LogP contribution in [0, 0.1) is 5.92 Å². The van der Waals surface area contributed by atoms with Crippen molar-refractivity contribution in [3.8, 4) is 0 Å². The fraction of sp³-hybridized carbons (Fsp3) is 0.375. The number of methoxy groups -OCH3 is 1. The minimum absolute atomic E-state index is 0.280. The molecule has 0 unspecified atom stereocenters. The van der Waals surface area contributed by atoms with Crippen molar-refractivity contribution < 1.29 is 14.3 Å². The van der Waals surface area contributed by atoms with E-state index in [9.17, 15) is 9.59 Å². The highest BCUT2D eigenvalue weighted by molar-refractivity contribution is 5.96. The first-order valence-corrected chi connectivity index (χ1v) is 6.59. The van der Waals surface area contributed by atoms with Gasteiger partial charge in [-0.15, -0.1) is 0 Å². The van der Waals surface area contributed by atoms with Crippen LogP contribution in [0.3, 0.4) is 0 Å². The summed E-state index contributed by atoms with van der Waals surface area (Å²) in [5, 5.41) is 2.71. The molecule has 1 amide bonds. The van der Waals surface area contributed by atoms with Gasteiger partial charge in [-0.05, 0) is 30.0 Å². The Morgan fingerprint density at radius 3 is 2.35 bits per heavy atom. The molecule has 0 spiro atoms. The Labute approximate surface area is 119 Å². The first-order chi connectivity index (χ1) is 9.47. The molecule has 1 N–H and O–H groups in total. The fourth-order valence-corrected chi connectivity index (χ4v) is 1.84. The van der Waals surface area contributed by atoms with E-state index in [0.29, 0.717) is 12.0 Å². The van der Waals surface area contributed by atoms with Gasteiger partial charge in [0.2, 0.25) is 0 Å². The molecule has 0 saturated heterocycles. The molecule has 0 aromatic heterocycles. The summed E-state index contributed by atoms with van der Waals surface area (Å²) >= 11 is 0. The number of carbonyl (C=O) groups is 2. The molecule has 0 aliphatic carbocycles. The van der Waals surface area contributed by atoms with Crippen LogP contribution < -0.4 is 5.32 Å². The quantitative estimate of drug-likeness (QED) is 0.812. The Hall–Kier alpha value is -2.10. The van der Waals surface area contributed by atoms with E-state index in [0.717, 1.165) is 5.56 Å². The van der Waals surface area contributed by atoms with E-state index in [1.54, 1.807) is 30.3 Å². The third-order valence-electron chi connectivity index (χ3n) is 2.91. The number of ether oxygens (including phenoxy) is 1. The topological polar surface area (TPSA) is 55.4 Å². The predicted octanol–water partition coefficient (Wildman–Crippen LogP) is 2.65. The number of nitrogens with one attached hydrogen (secondary N) is 1. The van der Waals surface area contributed by atoms with Crippen LogP contribution in [0.25, 0.3) is 6.08 Å². The molecule has 1 atom stereocenters. The van der Waals surface area contributed by atoms with Gasteiger partial charge < -0.3 is 10.1 Å². The number of hydrogen-bond acceptors (Lipinski definition) is 3. The predicted molar refractivity (Wildman–Crippen MR) is 79.3 cm³/mol. The van der Waals surface area contributed by atoms with Gasteiger partial charge in [-0.1, -0.05) is 38.6 Å². The average molecular weight is 275 g/mol. The maximum atomic E-state index is 12.1. The molecule has 1 rings (SSSR count). The molecule has 4 nitrogen and oxygen atoms in total. The number of hydrogen-bond donors (Lipinski definition) is 1. The fourth-order valence-electron chi connectivity index (χ4n) is 1.84. The highest BCUT2D eigenvalue weighted by Gasteiger charge is 2.22. The summed E-state index contributed by atoms with van der Waals surface area (Å²) in [5.74, 6) is -0.422. The molecule has 1 aromatic rings. The van der Waals surface area contributed by atoms with Gasteiger partial charge in [0.15, 0.2) is 0 Å². The lowest BCUT2D eigenvalue weighted by Crippen LogP contribution is -2.42. The molecule has 20 heavy (non-hydrogen) atoms. The third-order valence-corrected chi connectivity index (χ3v) is 2.91. The number of rotatable bonds is 6. The largest absolute Gasteiger partial charge is 0.467 e. The smallest absolute Gasteiger partial charge is 0.328 e. The standard InChI is InChI=1S/C16H21NO3/c1-5-12-6-8-13(9-7-12)15(18)17-14(10-11(2)3)16(19)20-4/h5-9,11,14H,1,10H2,2-4H3,(H,17,18)/t14-/m0/s1. The second-order valence-corrected chi connectivity index (χ2v) is 5.00. The zero-order valence-corrected chi connectivity index (χ0v) is 12.2. The van der Waals surface area contributed by atoms with Crippen molar-refractivity contribution in [2.45, 2.75) is 26.3 Å². The van der Waals surface area contributed by atoms with Crippen molar-refractivity contribution in [2.75, 3.05) is 7.11 Å². The van der Waals surface area contributed by atoms with Gasteiger partial charge in [-0.3, -0.25) is 4.79 Å². The van der Waals surface area contributed by atoms with Gasteiger partial charge in [0.1, 0.15) is 6.04 Å². The average Bonchev–Trinajstić information content (AvgIpc) is 2.45. The van der Waals surface area contributed by atoms with Gasteiger partial charge in [0.05, 0.1) is 7.11 Å². The maximum absolute atomic E-state index is 12.1. The Morgan fingerprint density at radius 2 is 1.90 bits per heavy atom. The Balaban J connectivity index is 2.78. The number of benzene rings is 1. The summed E-state index contributed by atoms with van der Waals surface area (Å²) in [6.45, 7) is 7.63. The molecular formula is C16H21NO3. The molecule has 0 fully saturated rings. The molecule has 0 aliphatic heterocycles. The lowest BCUT2D eigenvalue weighted by Gasteiger charge is -2.18. The van der Waals surface area contributed by atoms with Crippen LogP contribution in [0.4, 0.5) is 0 Å². The molecular weight excluding hydrogens is 254 g/mol. The van der Waals surface area contributed by atoms with Crippen molar-refractivity contribution in [1.29, 1.82) is 0 Å². The summed E-state index contributed by atoms with van der Waals surface area (Å²) < 4.78 is 4.72. The Morgan fingerprint density at radius 1 is 1.30 bits per heavy atom. The zero-order valence-electron chi connectivity index (χ0n) is 12.2. The van der Waals surface area contributed by atoms with E-state index >= 15 is 0 Å². The van der Waals surface area contributed by atoms with Crippen molar-refractivity contribution in [3.63, 3.8) is 0 Å². The molecule has 0 radical (unpaired) electrons.